The maximum absolute atomic E-state index is 13.9. The van der Waals surface area contributed by atoms with Crippen LogP contribution in [-0.4, -0.2) is 33.2 Å². The summed E-state index contributed by atoms with van der Waals surface area (Å²) in [5.74, 6) is 0.543. The molecule has 1 aliphatic heterocycles. The molecule has 0 amide bonds. The van der Waals surface area contributed by atoms with Gasteiger partial charge in [-0.25, -0.2) is 9.37 Å². The van der Waals surface area contributed by atoms with Gasteiger partial charge in [-0.2, -0.15) is 0 Å². The molecule has 4 aromatic rings. The van der Waals surface area contributed by atoms with Crippen molar-refractivity contribution < 1.29 is 31.5 Å². The Balaban J connectivity index is 1.50. The first-order valence-corrected chi connectivity index (χ1v) is 10.8. The maximum atomic E-state index is 13.9. The summed E-state index contributed by atoms with van der Waals surface area (Å²) < 4.78 is 69.0. The smallest absolute Gasteiger partial charge is 0.496 e. The number of rotatable bonds is 5. The summed E-state index contributed by atoms with van der Waals surface area (Å²) in [7, 11) is 1.55. The van der Waals surface area contributed by atoms with Gasteiger partial charge in [0.15, 0.2) is 29.0 Å². The first kappa shape index (κ1) is 22.9. The fraction of sp³-hybridized carbons (Fsp3) is 0.292. The van der Waals surface area contributed by atoms with Crippen LogP contribution in [0.3, 0.4) is 0 Å². The number of alkyl halides is 3. The van der Waals surface area contributed by atoms with Gasteiger partial charge in [0.2, 0.25) is 0 Å². The molecule has 35 heavy (non-hydrogen) atoms. The molecule has 182 valence electrons. The third kappa shape index (κ3) is 4.45. The molecule has 0 radical (unpaired) electrons. The van der Waals surface area contributed by atoms with E-state index in [1.54, 1.807) is 20.2 Å². The van der Waals surface area contributed by atoms with Crippen LogP contribution in [0.4, 0.5) is 17.6 Å². The molecule has 0 fully saturated rings. The van der Waals surface area contributed by atoms with Crippen molar-refractivity contribution in [2.45, 2.75) is 38.6 Å². The third-order valence-electron chi connectivity index (χ3n) is 5.90. The molecule has 3 heterocycles. The van der Waals surface area contributed by atoms with Crippen molar-refractivity contribution in [2.24, 2.45) is 0 Å². The van der Waals surface area contributed by atoms with Crippen molar-refractivity contribution in [2.75, 3.05) is 7.11 Å². The fourth-order valence-electron chi connectivity index (χ4n) is 4.36. The van der Waals surface area contributed by atoms with E-state index in [4.69, 9.17) is 9.15 Å². The van der Waals surface area contributed by atoms with E-state index in [0.717, 1.165) is 29.7 Å². The Kier molecular flexibility index (Phi) is 5.70. The Morgan fingerprint density at radius 3 is 2.63 bits per heavy atom. The molecule has 2 aromatic heterocycles. The predicted octanol–water partition coefficient (Wildman–Crippen LogP) is 5.88. The van der Waals surface area contributed by atoms with Crippen LogP contribution in [0.25, 0.3) is 22.7 Å². The van der Waals surface area contributed by atoms with Gasteiger partial charge in [-0.15, -0.1) is 23.4 Å². The Morgan fingerprint density at radius 2 is 1.91 bits per heavy atom. The number of benzene rings is 2. The summed E-state index contributed by atoms with van der Waals surface area (Å²) in [5, 5.41) is 8.71. The van der Waals surface area contributed by atoms with Crippen molar-refractivity contribution in [1.82, 2.24) is 19.7 Å². The Labute approximate surface area is 197 Å². The average Bonchev–Trinajstić information content (AvgIpc) is 3.45. The standard InChI is InChI=1S/C24H20F4N4O3/c1-13-29-12-21(34-13)17-7-5-15(11-19(17)33-2)22-30-31-23-16(4-3-9-32(22)23)14-6-8-18(25)20(10-14)35-24(26,27)28/h5-8,10-12,16H,3-4,9H2,1-2H3. The van der Waals surface area contributed by atoms with E-state index in [1.807, 2.05) is 22.8 Å². The highest BCUT2D eigenvalue weighted by Gasteiger charge is 2.34. The van der Waals surface area contributed by atoms with E-state index in [0.29, 0.717) is 47.6 Å². The zero-order chi connectivity index (χ0) is 24.7. The van der Waals surface area contributed by atoms with Gasteiger partial charge in [0, 0.05) is 24.9 Å². The van der Waals surface area contributed by atoms with Gasteiger partial charge in [-0.3, -0.25) is 0 Å². The molecule has 1 aliphatic rings. The topological polar surface area (TPSA) is 75.2 Å². The number of halogens is 4. The van der Waals surface area contributed by atoms with E-state index in [1.165, 1.54) is 6.07 Å². The van der Waals surface area contributed by atoms with Gasteiger partial charge in [0.25, 0.3) is 0 Å². The van der Waals surface area contributed by atoms with Crippen molar-refractivity contribution in [1.29, 1.82) is 0 Å². The van der Waals surface area contributed by atoms with E-state index in [-0.39, 0.29) is 5.92 Å². The van der Waals surface area contributed by atoms with Crippen molar-refractivity contribution in [3.63, 3.8) is 0 Å². The second-order valence-corrected chi connectivity index (χ2v) is 8.12. The van der Waals surface area contributed by atoms with Crippen molar-refractivity contribution >= 4 is 0 Å². The number of oxazole rings is 1. The van der Waals surface area contributed by atoms with Crippen LogP contribution in [0.5, 0.6) is 11.5 Å². The summed E-state index contributed by atoms with van der Waals surface area (Å²) in [6, 6.07) is 9.03. The molecule has 0 aliphatic carbocycles. The van der Waals surface area contributed by atoms with E-state index in [9.17, 15) is 17.6 Å². The number of ether oxygens (including phenoxy) is 2. The Morgan fingerprint density at radius 1 is 1.09 bits per heavy atom. The van der Waals surface area contributed by atoms with Crippen LogP contribution in [0.15, 0.2) is 47.0 Å². The zero-order valence-electron chi connectivity index (χ0n) is 18.8. The average molecular weight is 488 g/mol. The number of fused-ring (bicyclic) bond motifs is 1. The molecule has 0 spiro atoms. The highest BCUT2D eigenvalue weighted by molar-refractivity contribution is 5.71. The van der Waals surface area contributed by atoms with Crippen LogP contribution in [0.1, 0.15) is 36.0 Å². The molecule has 0 saturated carbocycles. The lowest BCUT2D eigenvalue weighted by Gasteiger charge is -2.24. The second kappa shape index (κ2) is 8.71. The lowest BCUT2D eigenvalue weighted by molar-refractivity contribution is -0.275. The van der Waals surface area contributed by atoms with Crippen molar-refractivity contribution in [3.05, 3.63) is 65.7 Å². The Hall–Kier alpha value is -3.89. The second-order valence-electron chi connectivity index (χ2n) is 8.12. The molecule has 2 aromatic carbocycles. The molecule has 0 saturated heterocycles. The first-order valence-electron chi connectivity index (χ1n) is 10.8. The minimum absolute atomic E-state index is 0.362. The largest absolute Gasteiger partial charge is 0.573 e. The predicted molar refractivity (Wildman–Crippen MR) is 116 cm³/mol. The summed E-state index contributed by atoms with van der Waals surface area (Å²) in [6.07, 6.45) is -2.00. The van der Waals surface area contributed by atoms with Gasteiger partial charge in [-0.05, 0) is 42.7 Å². The normalized spacial score (nSPS) is 15.7. The molecular weight excluding hydrogens is 468 g/mol. The first-order chi connectivity index (χ1) is 16.7. The van der Waals surface area contributed by atoms with Crippen LogP contribution < -0.4 is 9.47 Å². The number of methoxy groups -OCH3 is 1. The minimum Gasteiger partial charge on any atom is -0.496 e. The summed E-state index contributed by atoms with van der Waals surface area (Å²) >= 11 is 0. The van der Waals surface area contributed by atoms with Crippen LogP contribution >= 0.6 is 0 Å². The van der Waals surface area contributed by atoms with Crippen LogP contribution in [-0.2, 0) is 6.54 Å². The molecule has 7 nitrogen and oxygen atoms in total. The van der Waals surface area contributed by atoms with Gasteiger partial charge >= 0.3 is 6.36 Å². The van der Waals surface area contributed by atoms with E-state index in [2.05, 4.69) is 19.9 Å². The SMILES string of the molecule is COc1cc(-c2nnc3n2CCCC3c2ccc(F)c(OC(F)(F)F)c2)ccc1-c1cnc(C)o1. The van der Waals surface area contributed by atoms with E-state index >= 15 is 0 Å². The maximum Gasteiger partial charge on any atom is 0.573 e. The number of aromatic nitrogens is 4. The molecule has 1 unspecified atom stereocenters. The molecule has 1 atom stereocenters. The van der Waals surface area contributed by atoms with Gasteiger partial charge in [0.1, 0.15) is 11.6 Å². The number of hydrogen-bond acceptors (Lipinski definition) is 6. The lowest BCUT2D eigenvalue weighted by Crippen LogP contribution is -2.20. The quantitative estimate of drug-likeness (QED) is 0.327. The lowest BCUT2D eigenvalue weighted by atomic mass is 9.90. The number of nitrogens with zero attached hydrogens (tertiary/aromatic N) is 4. The summed E-state index contributed by atoms with van der Waals surface area (Å²) in [4.78, 5) is 4.12. The number of hydrogen-bond donors (Lipinski definition) is 0. The number of aryl methyl sites for hydroxylation is 1. The monoisotopic (exact) mass is 488 g/mol. The van der Waals surface area contributed by atoms with E-state index < -0.39 is 17.9 Å². The van der Waals surface area contributed by atoms with Gasteiger partial charge in [0.05, 0.1) is 18.9 Å². The summed E-state index contributed by atoms with van der Waals surface area (Å²) in [6.45, 7) is 2.38. The van der Waals surface area contributed by atoms with Gasteiger partial charge in [-0.1, -0.05) is 12.1 Å². The highest BCUT2D eigenvalue weighted by Crippen LogP contribution is 2.39. The fourth-order valence-corrected chi connectivity index (χ4v) is 4.36. The molecule has 11 heteroatoms. The molecule has 0 bridgehead atoms. The minimum atomic E-state index is -4.99. The Bertz CT molecular complexity index is 1380. The van der Waals surface area contributed by atoms with Gasteiger partial charge < -0.3 is 18.5 Å². The summed E-state index contributed by atoms with van der Waals surface area (Å²) in [5.41, 5.74) is 1.96. The third-order valence-corrected chi connectivity index (χ3v) is 5.90. The van der Waals surface area contributed by atoms with Crippen LogP contribution in [0.2, 0.25) is 0 Å². The van der Waals surface area contributed by atoms with Crippen molar-refractivity contribution in [3.8, 4) is 34.2 Å². The molecule has 5 rings (SSSR count). The highest BCUT2D eigenvalue weighted by atomic mass is 19.4. The van der Waals surface area contributed by atoms with Crippen LogP contribution in [0, 0.1) is 12.7 Å². The zero-order valence-corrected chi connectivity index (χ0v) is 18.8. The molecule has 0 N–H and O–H groups in total. The molecular formula is C24H20F4N4O3.